The van der Waals surface area contributed by atoms with Crippen molar-refractivity contribution < 1.29 is 14.3 Å². The minimum Gasteiger partial charge on any atom is -0.384 e. The number of carbonyl (C=O) groups excluding carboxylic acids is 1. The van der Waals surface area contributed by atoms with E-state index in [-0.39, 0.29) is 23.6 Å². The average molecular weight is 502 g/mol. The highest BCUT2D eigenvalue weighted by atomic mass is 35.5. The monoisotopic (exact) mass is 501 g/mol. The summed E-state index contributed by atoms with van der Waals surface area (Å²) in [7, 11) is 0. The summed E-state index contributed by atoms with van der Waals surface area (Å²) in [5.41, 5.74) is 2.26. The molecule has 2 aromatic heterocycles. The van der Waals surface area contributed by atoms with Crippen molar-refractivity contribution in [2.75, 3.05) is 36.4 Å². The highest BCUT2D eigenvalue weighted by molar-refractivity contribution is 6.33. The van der Waals surface area contributed by atoms with Crippen LogP contribution in [0.3, 0.4) is 0 Å². The zero-order valence-electron chi connectivity index (χ0n) is 20.2. The van der Waals surface area contributed by atoms with Crippen LogP contribution in [0.5, 0.6) is 0 Å². The third-order valence-corrected chi connectivity index (χ3v) is 6.28. The number of amides is 1. The molecule has 4 rings (SSSR count). The summed E-state index contributed by atoms with van der Waals surface area (Å²) in [6.45, 7) is 9.60. The largest absolute Gasteiger partial charge is 0.384 e. The van der Waals surface area contributed by atoms with Crippen LogP contribution in [0.25, 0.3) is 11.4 Å². The predicted octanol–water partition coefficient (Wildman–Crippen LogP) is 3.79. The Morgan fingerprint density at radius 1 is 1.14 bits per heavy atom. The molecule has 11 heteroatoms. The van der Waals surface area contributed by atoms with Gasteiger partial charge in [0.1, 0.15) is 17.6 Å². The van der Waals surface area contributed by atoms with Crippen molar-refractivity contribution in [3.05, 3.63) is 47.3 Å². The van der Waals surface area contributed by atoms with Gasteiger partial charge in [-0.05, 0) is 45.9 Å². The number of halogens is 2. The lowest BCUT2D eigenvalue weighted by molar-refractivity contribution is -0.139. The molecule has 0 spiro atoms. The van der Waals surface area contributed by atoms with Crippen LogP contribution in [0.15, 0.2) is 30.6 Å². The van der Waals surface area contributed by atoms with E-state index in [1.54, 1.807) is 17.2 Å². The normalized spacial score (nSPS) is 15.0. The van der Waals surface area contributed by atoms with E-state index >= 15 is 0 Å². The van der Waals surface area contributed by atoms with Gasteiger partial charge in [-0.1, -0.05) is 11.6 Å². The maximum Gasteiger partial charge on any atom is 0.251 e. The summed E-state index contributed by atoms with van der Waals surface area (Å²) in [5.74, 6) is 0.227. The van der Waals surface area contributed by atoms with Gasteiger partial charge in [-0.3, -0.25) is 4.79 Å². The molecule has 1 amide bonds. The number of aliphatic hydroxyl groups excluding tert-OH is 1. The number of nitrogens with zero attached hydrogens (tertiary/aromatic N) is 6. The molecule has 35 heavy (non-hydrogen) atoms. The van der Waals surface area contributed by atoms with Gasteiger partial charge in [-0.2, -0.15) is 0 Å². The highest BCUT2D eigenvalue weighted by Crippen LogP contribution is 2.31. The first-order valence-corrected chi connectivity index (χ1v) is 11.9. The smallest absolute Gasteiger partial charge is 0.251 e. The molecule has 1 unspecified atom stereocenters. The first kappa shape index (κ1) is 24.9. The molecule has 1 fully saturated rings. The standard InChI is InChI=1S/C24H29ClFN7O2/c1-14(2)33-16(4)27-13-21(33)22-19(26)12-28-24(30-22)29-17-5-6-20(18(25)11-17)31-7-9-32(10-8-31)23(35)15(3)34/h5-6,11-15,34H,7-10H2,1-4H3,(H,28,29,30). The van der Waals surface area contributed by atoms with Gasteiger partial charge in [0.05, 0.1) is 28.8 Å². The second kappa shape index (κ2) is 10.2. The second-order valence-corrected chi connectivity index (χ2v) is 9.23. The molecule has 9 nitrogen and oxygen atoms in total. The molecule has 1 atom stereocenters. The number of aryl methyl sites for hydroxylation is 1. The fourth-order valence-electron chi connectivity index (χ4n) is 4.29. The molecule has 0 saturated carbocycles. The van der Waals surface area contributed by atoms with E-state index in [1.807, 2.05) is 37.5 Å². The minimum atomic E-state index is -1.00. The fourth-order valence-corrected chi connectivity index (χ4v) is 4.59. The molecule has 1 aliphatic heterocycles. The van der Waals surface area contributed by atoms with Crippen LogP contribution in [0.2, 0.25) is 5.02 Å². The molecule has 186 valence electrons. The maximum atomic E-state index is 14.6. The van der Waals surface area contributed by atoms with Crippen LogP contribution in [0, 0.1) is 12.7 Å². The van der Waals surface area contributed by atoms with Crippen LogP contribution in [0.4, 0.5) is 21.7 Å². The molecule has 0 aliphatic carbocycles. The lowest BCUT2D eigenvalue weighted by Gasteiger charge is -2.37. The first-order chi connectivity index (χ1) is 16.7. The van der Waals surface area contributed by atoms with E-state index in [4.69, 9.17) is 11.6 Å². The summed E-state index contributed by atoms with van der Waals surface area (Å²) in [6.07, 6.45) is 1.76. The molecule has 1 aliphatic rings. The number of carbonyl (C=O) groups is 1. The van der Waals surface area contributed by atoms with Gasteiger partial charge in [0.25, 0.3) is 5.91 Å². The Balaban J connectivity index is 1.50. The predicted molar refractivity (Wildman–Crippen MR) is 134 cm³/mol. The number of rotatable bonds is 6. The van der Waals surface area contributed by atoms with E-state index in [0.29, 0.717) is 42.6 Å². The Bertz CT molecular complexity index is 1220. The number of hydrogen-bond acceptors (Lipinski definition) is 7. The van der Waals surface area contributed by atoms with E-state index < -0.39 is 11.9 Å². The van der Waals surface area contributed by atoms with Crippen molar-refractivity contribution in [2.24, 2.45) is 0 Å². The van der Waals surface area contributed by atoms with Crippen LogP contribution in [-0.4, -0.2) is 67.7 Å². The number of aliphatic hydroxyl groups is 1. The van der Waals surface area contributed by atoms with Gasteiger partial charge in [0.2, 0.25) is 5.95 Å². The number of hydrogen-bond donors (Lipinski definition) is 2. The topological polar surface area (TPSA) is 99.4 Å². The maximum absolute atomic E-state index is 14.6. The molecule has 1 saturated heterocycles. The van der Waals surface area contributed by atoms with Gasteiger partial charge in [0.15, 0.2) is 5.82 Å². The SMILES string of the molecule is Cc1ncc(-c2nc(Nc3ccc(N4CCN(C(=O)C(C)O)CC4)c(Cl)c3)ncc2F)n1C(C)C. The molecule has 0 bridgehead atoms. The fraction of sp³-hybridized carbons (Fsp3) is 0.417. The number of aromatic nitrogens is 4. The molecule has 3 aromatic rings. The number of anilines is 3. The van der Waals surface area contributed by atoms with Crippen molar-refractivity contribution in [2.45, 2.75) is 39.8 Å². The molecule has 2 N–H and O–H groups in total. The lowest BCUT2D eigenvalue weighted by atomic mass is 10.2. The van der Waals surface area contributed by atoms with Gasteiger partial charge < -0.3 is 24.8 Å². The van der Waals surface area contributed by atoms with Crippen molar-refractivity contribution in [3.63, 3.8) is 0 Å². The Labute approximate surface area is 208 Å². The number of nitrogens with one attached hydrogen (secondary N) is 1. The Kier molecular flexibility index (Phi) is 7.23. The lowest BCUT2D eigenvalue weighted by Crippen LogP contribution is -2.51. The van der Waals surface area contributed by atoms with Crippen molar-refractivity contribution in [1.29, 1.82) is 0 Å². The quantitative estimate of drug-likeness (QED) is 0.530. The van der Waals surface area contributed by atoms with E-state index in [0.717, 1.165) is 17.7 Å². The second-order valence-electron chi connectivity index (χ2n) is 8.82. The molecule has 0 radical (unpaired) electrons. The van der Waals surface area contributed by atoms with Crippen molar-refractivity contribution in [1.82, 2.24) is 24.4 Å². The summed E-state index contributed by atoms with van der Waals surface area (Å²) < 4.78 is 16.6. The van der Waals surface area contributed by atoms with Gasteiger partial charge in [-0.25, -0.2) is 19.3 Å². The van der Waals surface area contributed by atoms with Crippen molar-refractivity contribution in [3.8, 4) is 11.4 Å². The third kappa shape index (κ3) is 5.23. The molecular weight excluding hydrogens is 473 g/mol. The summed E-state index contributed by atoms with van der Waals surface area (Å²) in [6, 6.07) is 5.60. The van der Waals surface area contributed by atoms with Gasteiger partial charge in [-0.15, -0.1) is 0 Å². The van der Waals surface area contributed by atoms with E-state index in [9.17, 15) is 14.3 Å². The van der Waals surface area contributed by atoms with Crippen LogP contribution < -0.4 is 10.2 Å². The summed E-state index contributed by atoms with van der Waals surface area (Å²) in [4.78, 5) is 28.6. The van der Waals surface area contributed by atoms with Crippen LogP contribution >= 0.6 is 11.6 Å². The van der Waals surface area contributed by atoms with Crippen LogP contribution in [0.1, 0.15) is 32.6 Å². The summed E-state index contributed by atoms with van der Waals surface area (Å²) in [5, 5.41) is 13.1. The zero-order chi connectivity index (χ0) is 25.3. The Morgan fingerprint density at radius 2 is 1.86 bits per heavy atom. The Morgan fingerprint density at radius 3 is 2.49 bits per heavy atom. The number of benzene rings is 1. The average Bonchev–Trinajstić information content (AvgIpc) is 3.21. The summed E-state index contributed by atoms with van der Waals surface area (Å²) >= 11 is 6.57. The molecule has 3 heterocycles. The highest BCUT2D eigenvalue weighted by Gasteiger charge is 2.25. The third-order valence-electron chi connectivity index (χ3n) is 5.98. The van der Waals surface area contributed by atoms with Crippen LogP contribution in [-0.2, 0) is 4.79 Å². The minimum absolute atomic E-state index is 0.0941. The number of piperazine rings is 1. The first-order valence-electron chi connectivity index (χ1n) is 11.5. The van der Waals surface area contributed by atoms with E-state index in [2.05, 4.69) is 25.2 Å². The molecule has 1 aromatic carbocycles. The Hall–Kier alpha value is -3.24. The van der Waals surface area contributed by atoms with Gasteiger partial charge in [0, 0.05) is 37.9 Å². The zero-order valence-corrected chi connectivity index (χ0v) is 20.9. The van der Waals surface area contributed by atoms with Gasteiger partial charge >= 0.3 is 0 Å². The molecular formula is C24H29ClFN7O2. The van der Waals surface area contributed by atoms with E-state index in [1.165, 1.54) is 6.92 Å². The number of imidazole rings is 1. The van der Waals surface area contributed by atoms with Crippen molar-refractivity contribution >= 4 is 34.8 Å².